The van der Waals surface area contributed by atoms with E-state index in [4.69, 9.17) is 0 Å². The topological polar surface area (TPSA) is 41.1 Å². The van der Waals surface area contributed by atoms with Gasteiger partial charge in [0, 0.05) is 12.0 Å². The molecule has 2 rings (SSSR count). The van der Waals surface area contributed by atoms with E-state index < -0.39 is 0 Å². The maximum Gasteiger partial charge on any atom is 0.223 e. The van der Waals surface area contributed by atoms with Crippen molar-refractivity contribution in [3.63, 3.8) is 0 Å². The number of hydrogen-bond acceptors (Lipinski definition) is 2. The summed E-state index contributed by atoms with van der Waals surface area (Å²) in [5.74, 6) is 1.95. The number of nitrogens with one attached hydrogen (secondary N) is 2. The molecule has 3 nitrogen and oxygen atoms in total. The molecule has 0 spiro atoms. The third-order valence-electron chi connectivity index (χ3n) is 5.50. The molecule has 3 heteroatoms. The molecule has 1 saturated heterocycles. The van der Waals surface area contributed by atoms with Gasteiger partial charge in [0.25, 0.3) is 0 Å². The van der Waals surface area contributed by atoms with E-state index in [1.165, 1.54) is 19.3 Å². The average Bonchev–Trinajstić information content (AvgIpc) is 2.91. The summed E-state index contributed by atoms with van der Waals surface area (Å²) < 4.78 is 0. The van der Waals surface area contributed by atoms with Crippen LogP contribution in [0, 0.1) is 23.2 Å². The second-order valence-electron chi connectivity index (χ2n) is 7.96. The zero-order valence-corrected chi connectivity index (χ0v) is 13.7. The Morgan fingerprint density at radius 3 is 2.30 bits per heavy atom. The highest BCUT2D eigenvalue weighted by atomic mass is 16.1. The van der Waals surface area contributed by atoms with Crippen LogP contribution < -0.4 is 10.6 Å². The number of carbonyl (C=O) groups excluding carboxylic acids is 1. The van der Waals surface area contributed by atoms with E-state index in [0.717, 1.165) is 31.8 Å². The van der Waals surface area contributed by atoms with Gasteiger partial charge in [-0.1, -0.05) is 20.8 Å². The average molecular weight is 280 g/mol. The molecule has 2 atom stereocenters. The van der Waals surface area contributed by atoms with E-state index in [0.29, 0.717) is 23.3 Å². The van der Waals surface area contributed by atoms with Gasteiger partial charge in [0.05, 0.1) is 0 Å². The lowest BCUT2D eigenvalue weighted by Gasteiger charge is -2.37. The van der Waals surface area contributed by atoms with Crippen LogP contribution in [-0.4, -0.2) is 25.0 Å². The van der Waals surface area contributed by atoms with Crippen LogP contribution in [-0.2, 0) is 4.79 Å². The number of amides is 1. The first-order valence-electron chi connectivity index (χ1n) is 8.39. The normalized spacial score (nSPS) is 32.9. The molecule has 1 heterocycles. The third kappa shape index (κ3) is 3.97. The van der Waals surface area contributed by atoms with Gasteiger partial charge in [-0.15, -0.1) is 0 Å². The van der Waals surface area contributed by atoms with Gasteiger partial charge in [0.1, 0.15) is 0 Å². The highest BCUT2D eigenvalue weighted by Crippen LogP contribution is 2.39. The summed E-state index contributed by atoms with van der Waals surface area (Å²) in [6, 6.07) is 0.317. The second kappa shape index (κ2) is 6.46. The first kappa shape index (κ1) is 15.8. The molecule has 2 unspecified atom stereocenters. The predicted octanol–water partition coefficient (Wildman–Crippen LogP) is 2.95. The Morgan fingerprint density at radius 2 is 1.80 bits per heavy atom. The van der Waals surface area contributed by atoms with E-state index in [-0.39, 0.29) is 5.92 Å². The van der Waals surface area contributed by atoms with Crippen molar-refractivity contribution in [3.8, 4) is 0 Å². The summed E-state index contributed by atoms with van der Waals surface area (Å²) in [6.07, 6.45) is 5.76. The van der Waals surface area contributed by atoms with Gasteiger partial charge in [-0.25, -0.2) is 0 Å². The minimum Gasteiger partial charge on any atom is -0.353 e. The van der Waals surface area contributed by atoms with Crippen molar-refractivity contribution < 1.29 is 4.79 Å². The second-order valence-corrected chi connectivity index (χ2v) is 7.96. The number of carbonyl (C=O) groups is 1. The van der Waals surface area contributed by atoms with Crippen LogP contribution in [0.2, 0.25) is 0 Å². The van der Waals surface area contributed by atoms with Crippen LogP contribution in [0.25, 0.3) is 0 Å². The molecule has 2 N–H and O–H groups in total. The minimum absolute atomic E-state index is 0.255. The molecule has 0 aromatic carbocycles. The van der Waals surface area contributed by atoms with Gasteiger partial charge < -0.3 is 10.6 Å². The summed E-state index contributed by atoms with van der Waals surface area (Å²) in [7, 11) is 0. The fourth-order valence-corrected chi connectivity index (χ4v) is 3.79. The van der Waals surface area contributed by atoms with Crippen molar-refractivity contribution >= 4 is 5.91 Å². The summed E-state index contributed by atoms with van der Waals surface area (Å²) in [6.45, 7) is 11.3. The van der Waals surface area contributed by atoms with E-state index in [2.05, 4.69) is 38.3 Å². The van der Waals surface area contributed by atoms with Crippen molar-refractivity contribution in [3.05, 3.63) is 0 Å². The summed E-state index contributed by atoms with van der Waals surface area (Å²) in [4.78, 5) is 12.4. The van der Waals surface area contributed by atoms with Crippen LogP contribution in [0.4, 0.5) is 0 Å². The van der Waals surface area contributed by atoms with Crippen LogP contribution in [0.5, 0.6) is 0 Å². The molecule has 0 aromatic heterocycles. The molecule has 2 aliphatic rings. The van der Waals surface area contributed by atoms with Crippen molar-refractivity contribution in [1.82, 2.24) is 10.6 Å². The Labute approximate surface area is 124 Å². The summed E-state index contributed by atoms with van der Waals surface area (Å²) in [5.41, 5.74) is 0.393. The number of hydrogen-bond donors (Lipinski definition) is 2. The lowest BCUT2D eigenvalue weighted by atomic mass is 9.69. The van der Waals surface area contributed by atoms with E-state index >= 15 is 0 Å². The smallest absolute Gasteiger partial charge is 0.223 e. The Balaban J connectivity index is 1.77. The minimum atomic E-state index is 0.255. The van der Waals surface area contributed by atoms with Crippen molar-refractivity contribution in [2.45, 2.75) is 65.8 Å². The SMILES string of the molecule is CC(NC(=O)C1CCC(C(C)(C)C)CC1)C1CCNC1. The predicted molar refractivity (Wildman–Crippen MR) is 83.5 cm³/mol. The largest absolute Gasteiger partial charge is 0.353 e. The molecule has 0 aromatic rings. The summed E-state index contributed by atoms with van der Waals surface area (Å²) in [5, 5.41) is 6.64. The fourth-order valence-electron chi connectivity index (χ4n) is 3.79. The van der Waals surface area contributed by atoms with Crippen molar-refractivity contribution in [2.24, 2.45) is 23.2 Å². The van der Waals surface area contributed by atoms with Gasteiger partial charge >= 0.3 is 0 Å². The Morgan fingerprint density at radius 1 is 1.15 bits per heavy atom. The molecule has 116 valence electrons. The number of rotatable bonds is 3. The molecule has 0 radical (unpaired) electrons. The maximum absolute atomic E-state index is 12.4. The van der Waals surface area contributed by atoms with Crippen LogP contribution >= 0.6 is 0 Å². The van der Waals surface area contributed by atoms with Gasteiger partial charge in [0.15, 0.2) is 0 Å². The standard InChI is InChI=1S/C17H32N2O/c1-12(14-9-10-18-11-14)19-16(20)13-5-7-15(8-6-13)17(2,3)4/h12-15,18H,5-11H2,1-4H3,(H,19,20). The molecular formula is C17H32N2O. The van der Waals surface area contributed by atoms with Gasteiger partial charge in [0.2, 0.25) is 5.91 Å². The lowest BCUT2D eigenvalue weighted by Crippen LogP contribution is -2.43. The molecule has 1 aliphatic carbocycles. The highest BCUT2D eigenvalue weighted by molar-refractivity contribution is 5.79. The van der Waals surface area contributed by atoms with Crippen LogP contribution in [0.3, 0.4) is 0 Å². The molecule has 2 fully saturated rings. The zero-order valence-electron chi connectivity index (χ0n) is 13.7. The van der Waals surface area contributed by atoms with Crippen molar-refractivity contribution in [1.29, 1.82) is 0 Å². The molecule has 20 heavy (non-hydrogen) atoms. The van der Waals surface area contributed by atoms with Gasteiger partial charge in [-0.3, -0.25) is 4.79 Å². The van der Waals surface area contributed by atoms with Crippen LogP contribution in [0.15, 0.2) is 0 Å². The Kier molecular flexibility index (Phi) is 5.11. The Bertz CT molecular complexity index is 320. The lowest BCUT2D eigenvalue weighted by molar-refractivity contribution is -0.127. The maximum atomic E-state index is 12.4. The van der Waals surface area contributed by atoms with E-state index in [1.807, 2.05) is 0 Å². The molecular weight excluding hydrogens is 248 g/mol. The highest BCUT2D eigenvalue weighted by Gasteiger charge is 2.33. The van der Waals surface area contributed by atoms with Crippen LogP contribution in [0.1, 0.15) is 59.8 Å². The molecule has 1 amide bonds. The first-order chi connectivity index (χ1) is 9.38. The Hall–Kier alpha value is -0.570. The first-order valence-corrected chi connectivity index (χ1v) is 8.39. The summed E-state index contributed by atoms with van der Waals surface area (Å²) >= 11 is 0. The van der Waals surface area contributed by atoms with Gasteiger partial charge in [-0.05, 0) is 69.4 Å². The third-order valence-corrected chi connectivity index (χ3v) is 5.50. The van der Waals surface area contributed by atoms with Crippen molar-refractivity contribution in [2.75, 3.05) is 13.1 Å². The molecule has 1 saturated carbocycles. The monoisotopic (exact) mass is 280 g/mol. The van der Waals surface area contributed by atoms with Gasteiger partial charge in [-0.2, -0.15) is 0 Å². The fraction of sp³-hybridized carbons (Fsp3) is 0.941. The van der Waals surface area contributed by atoms with E-state index in [9.17, 15) is 4.79 Å². The quantitative estimate of drug-likeness (QED) is 0.834. The zero-order chi connectivity index (χ0) is 14.8. The molecule has 0 bridgehead atoms. The molecule has 1 aliphatic heterocycles. The van der Waals surface area contributed by atoms with E-state index in [1.54, 1.807) is 0 Å².